The molecule has 1 aliphatic carbocycles. The third-order valence-electron chi connectivity index (χ3n) is 5.79. The molecule has 1 aromatic rings. The van der Waals surface area contributed by atoms with Crippen LogP contribution in [0.1, 0.15) is 63.5 Å². The van der Waals surface area contributed by atoms with Gasteiger partial charge in [0.15, 0.2) is 11.8 Å². The van der Waals surface area contributed by atoms with Gasteiger partial charge in [0.1, 0.15) is 12.4 Å². The normalized spacial score (nSPS) is 20.0. The Kier molecular flexibility index (Phi) is 6.68. The van der Waals surface area contributed by atoms with Crippen LogP contribution in [0.15, 0.2) is 4.99 Å². The Balaban J connectivity index is 1.62. The zero-order valence-corrected chi connectivity index (χ0v) is 16.9. The summed E-state index contributed by atoms with van der Waals surface area (Å²) < 4.78 is 1.98. The molecule has 150 valence electrons. The molecule has 0 spiro atoms. The van der Waals surface area contributed by atoms with E-state index in [1.807, 2.05) is 23.4 Å². The van der Waals surface area contributed by atoms with Crippen LogP contribution in [-0.2, 0) is 18.4 Å². The number of hydrogen-bond acceptors (Lipinski definition) is 4. The maximum Gasteiger partial charge on any atom is 0.219 e. The zero-order chi connectivity index (χ0) is 19.2. The van der Waals surface area contributed by atoms with Crippen molar-refractivity contribution in [3.05, 3.63) is 11.6 Å². The van der Waals surface area contributed by atoms with Crippen LogP contribution in [0.4, 0.5) is 0 Å². The molecule has 0 unspecified atom stereocenters. The molecule has 0 aromatic carbocycles. The first-order valence-electron chi connectivity index (χ1n) is 10.2. The number of aliphatic imine (C=N–C) groups is 1. The van der Waals surface area contributed by atoms with Gasteiger partial charge >= 0.3 is 0 Å². The molecule has 2 N–H and O–H groups in total. The van der Waals surface area contributed by atoms with Crippen LogP contribution in [0.2, 0.25) is 0 Å². The molecule has 3 rings (SSSR count). The van der Waals surface area contributed by atoms with Crippen molar-refractivity contribution in [3.63, 3.8) is 0 Å². The molecule has 0 radical (unpaired) electrons. The van der Waals surface area contributed by atoms with Crippen LogP contribution < -0.4 is 10.6 Å². The molecule has 27 heavy (non-hydrogen) atoms. The fourth-order valence-electron chi connectivity index (χ4n) is 3.84. The van der Waals surface area contributed by atoms with Crippen molar-refractivity contribution in [2.75, 3.05) is 13.1 Å². The van der Waals surface area contributed by atoms with Crippen molar-refractivity contribution < 1.29 is 4.79 Å². The van der Waals surface area contributed by atoms with E-state index in [2.05, 4.69) is 20.8 Å². The van der Waals surface area contributed by atoms with E-state index >= 15 is 0 Å². The van der Waals surface area contributed by atoms with Gasteiger partial charge in [0.2, 0.25) is 5.91 Å². The number of amides is 1. The molecule has 8 nitrogen and oxygen atoms in total. The van der Waals surface area contributed by atoms with Crippen molar-refractivity contribution in [2.45, 2.75) is 77.4 Å². The molecule has 0 atom stereocenters. The summed E-state index contributed by atoms with van der Waals surface area (Å²) in [6.07, 6.45) is 8.20. The zero-order valence-electron chi connectivity index (χ0n) is 16.9. The molecule has 0 bridgehead atoms. The minimum Gasteiger partial charge on any atom is -0.354 e. The Morgan fingerprint density at radius 2 is 1.70 bits per heavy atom. The number of piperidine rings is 1. The first-order chi connectivity index (χ1) is 13.0. The predicted octanol–water partition coefficient (Wildman–Crippen LogP) is 1.50. The summed E-state index contributed by atoms with van der Waals surface area (Å²) in [5.41, 5.74) is 0. The van der Waals surface area contributed by atoms with Gasteiger partial charge in [-0.3, -0.25) is 4.79 Å². The highest BCUT2D eigenvalue weighted by molar-refractivity contribution is 5.80. The van der Waals surface area contributed by atoms with Crippen LogP contribution in [0.5, 0.6) is 0 Å². The lowest BCUT2D eigenvalue weighted by molar-refractivity contribution is -0.129. The van der Waals surface area contributed by atoms with Gasteiger partial charge in [-0.1, -0.05) is 19.3 Å². The summed E-state index contributed by atoms with van der Waals surface area (Å²) >= 11 is 0. The Morgan fingerprint density at radius 3 is 2.26 bits per heavy atom. The van der Waals surface area contributed by atoms with Gasteiger partial charge in [0.25, 0.3) is 0 Å². The third-order valence-corrected chi connectivity index (χ3v) is 5.79. The quantitative estimate of drug-likeness (QED) is 0.615. The fourth-order valence-corrected chi connectivity index (χ4v) is 3.84. The van der Waals surface area contributed by atoms with Crippen molar-refractivity contribution in [1.29, 1.82) is 0 Å². The van der Waals surface area contributed by atoms with E-state index < -0.39 is 0 Å². The number of nitrogens with zero attached hydrogens (tertiary/aromatic N) is 5. The second-order valence-corrected chi connectivity index (χ2v) is 7.79. The molecule has 2 aliphatic rings. The van der Waals surface area contributed by atoms with Gasteiger partial charge in [0.05, 0.1) is 0 Å². The summed E-state index contributed by atoms with van der Waals surface area (Å²) in [6, 6.07) is 0.834. The van der Waals surface area contributed by atoms with Gasteiger partial charge in [-0.05, 0) is 32.6 Å². The van der Waals surface area contributed by atoms with Gasteiger partial charge in [0, 0.05) is 39.1 Å². The highest BCUT2D eigenvalue weighted by Gasteiger charge is 2.23. The maximum atomic E-state index is 11.5. The SMILES string of the molecule is CC(=O)N1CCC(NC(=NCc2nnc(C)n2C)NC2CCCCC2)CC1. The highest BCUT2D eigenvalue weighted by atomic mass is 16.2. The number of likely N-dealkylation sites (tertiary alicyclic amines) is 1. The number of nitrogens with one attached hydrogen (secondary N) is 2. The average molecular weight is 376 g/mol. The molecule has 1 saturated heterocycles. The first-order valence-corrected chi connectivity index (χ1v) is 10.2. The second kappa shape index (κ2) is 9.19. The van der Waals surface area contributed by atoms with Crippen molar-refractivity contribution in [1.82, 2.24) is 30.3 Å². The molecule has 2 fully saturated rings. The van der Waals surface area contributed by atoms with Crippen LogP contribution in [0.25, 0.3) is 0 Å². The second-order valence-electron chi connectivity index (χ2n) is 7.79. The number of carbonyl (C=O) groups is 1. The number of guanidine groups is 1. The number of rotatable bonds is 4. The molecular formula is C19H33N7O. The molecule has 1 aliphatic heterocycles. The van der Waals surface area contributed by atoms with E-state index in [1.165, 1.54) is 32.1 Å². The molecule has 8 heteroatoms. The summed E-state index contributed by atoms with van der Waals surface area (Å²) in [7, 11) is 1.97. The lowest BCUT2D eigenvalue weighted by Gasteiger charge is -2.33. The number of carbonyl (C=O) groups excluding carboxylic acids is 1. The first kappa shape index (κ1) is 19.6. The van der Waals surface area contributed by atoms with E-state index in [0.29, 0.717) is 18.6 Å². The van der Waals surface area contributed by atoms with Gasteiger partial charge in [-0.25, -0.2) is 4.99 Å². The molecule has 1 saturated carbocycles. The highest BCUT2D eigenvalue weighted by Crippen LogP contribution is 2.17. The largest absolute Gasteiger partial charge is 0.354 e. The lowest BCUT2D eigenvalue weighted by atomic mass is 9.95. The summed E-state index contributed by atoms with van der Waals surface area (Å²) in [5, 5.41) is 15.6. The lowest BCUT2D eigenvalue weighted by Crippen LogP contribution is -2.51. The summed E-state index contributed by atoms with van der Waals surface area (Å²) in [4.78, 5) is 18.3. The van der Waals surface area contributed by atoms with Gasteiger partial charge in [-0.2, -0.15) is 0 Å². The molecule has 2 heterocycles. The van der Waals surface area contributed by atoms with Crippen LogP contribution >= 0.6 is 0 Å². The third kappa shape index (κ3) is 5.43. The summed E-state index contributed by atoms with van der Waals surface area (Å²) in [5.74, 6) is 2.79. The van der Waals surface area contributed by atoms with E-state index in [4.69, 9.17) is 4.99 Å². The van der Waals surface area contributed by atoms with Gasteiger partial charge in [-0.15, -0.1) is 10.2 Å². The maximum absolute atomic E-state index is 11.5. The fraction of sp³-hybridized carbons (Fsp3) is 0.789. The predicted molar refractivity (Wildman–Crippen MR) is 105 cm³/mol. The molecule has 1 aromatic heterocycles. The van der Waals surface area contributed by atoms with Crippen LogP contribution in [0, 0.1) is 6.92 Å². The van der Waals surface area contributed by atoms with E-state index in [1.54, 1.807) is 6.92 Å². The standard InChI is InChI=1S/C19H33N7O/c1-14-23-24-18(25(14)3)13-20-19(21-16-7-5-4-6-8-16)22-17-9-11-26(12-10-17)15(2)27/h16-17H,4-13H2,1-3H3,(H2,20,21,22). The van der Waals surface area contributed by atoms with E-state index in [9.17, 15) is 4.79 Å². The van der Waals surface area contributed by atoms with Crippen LogP contribution in [0.3, 0.4) is 0 Å². The Hall–Kier alpha value is -2.12. The van der Waals surface area contributed by atoms with Crippen molar-refractivity contribution in [3.8, 4) is 0 Å². The van der Waals surface area contributed by atoms with Crippen LogP contribution in [-0.4, -0.2) is 56.7 Å². The van der Waals surface area contributed by atoms with E-state index in [-0.39, 0.29) is 5.91 Å². The van der Waals surface area contributed by atoms with Gasteiger partial charge < -0.3 is 20.1 Å². The topological polar surface area (TPSA) is 87.4 Å². The van der Waals surface area contributed by atoms with Crippen molar-refractivity contribution in [2.24, 2.45) is 12.0 Å². The molecular weight excluding hydrogens is 342 g/mol. The van der Waals surface area contributed by atoms with E-state index in [0.717, 1.165) is 43.5 Å². The number of aromatic nitrogens is 3. The Labute approximate surface area is 161 Å². The average Bonchev–Trinajstić information content (AvgIpc) is 2.99. The Morgan fingerprint density at radius 1 is 1.07 bits per heavy atom. The minimum atomic E-state index is 0.167. The number of aryl methyl sites for hydroxylation is 1. The van der Waals surface area contributed by atoms with Crippen molar-refractivity contribution >= 4 is 11.9 Å². The smallest absolute Gasteiger partial charge is 0.219 e. The Bertz CT molecular complexity index is 655. The summed E-state index contributed by atoms with van der Waals surface area (Å²) in [6.45, 7) is 5.72. The monoisotopic (exact) mass is 375 g/mol. The minimum absolute atomic E-state index is 0.167. The molecule has 1 amide bonds. The number of hydrogen-bond donors (Lipinski definition) is 2.